The van der Waals surface area contributed by atoms with Crippen LogP contribution in [-0.2, 0) is 4.79 Å². The maximum Gasteiger partial charge on any atom is 0.225 e. The summed E-state index contributed by atoms with van der Waals surface area (Å²) >= 11 is 0. The van der Waals surface area contributed by atoms with E-state index in [9.17, 15) is 4.79 Å². The van der Waals surface area contributed by atoms with E-state index in [4.69, 9.17) is 4.74 Å². The van der Waals surface area contributed by atoms with Gasteiger partial charge in [0.15, 0.2) is 0 Å². The molecular formula is C17H24N2O2. The summed E-state index contributed by atoms with van der Waals surface area (Å²) in [5.74, 6) is 1.13. The molecule has 0 spiro atoms. The number of carbonyl (C=O) groups is 1. The van der Waals surface area contributed by atoms with Crippen LogP contribution in [0.5, 0.6) is 5.75 Å². The molecule has 4 atom stereocenters. The number of hydrogen-bond acceptors (Lipinski definition) is 3. The Morgan fingerprint density at radius 1 is 1.43 bits per heavy atom. The lowest BCUT2D eigenvalue weighted by molar-refractivity contribution is -0.126. The summed E-state index contributed by atoms with van der Waals surface area (Å²) in [6.07, 6.45) is 3.33. The summed E-state index contributed by atoms with van der Waals surface area (Å²) in [4.78, 5) is 12.5. The molecule has 114 valence electrons. The average Bonchev–Trinajstić information content (AvgIpc) is 3.09. The molecule has 2 saturated heterocycles. The van der Waals surface area contributed by atoms with Crippen molar-refractivity contribution in [1.82, 2.24) is 10.6 Å². The van der Waals surface area contributed by atoms with E-state index in [-0.39, 0.29) is 17.9 Å². The summed E-state index contributed by atoms with van der Waals surface area (Å²) in [6, 6.07) is 6.97. The molecule has 2 bridgehead atoms. The second-order valence-electron chi connectivity index (χ2n) is 6.37. The molecular weight excluding hydrogens is 264 g/mol. The van der Waals surface area contributed by atoms with Crippen LogP contribution in [0.25, 0.3) is 0 Å². The summed E-state index contributed by atoms with van der Waals surface area (Å²) in [7, 11) is 1.67. The number of ether oxygens (including phenoxy) is 1. The van der Waals surface area contributed by atoms with Crippen LogP contribution < -0.4 is 15.4 Å². The topological polar surface area (TPSA) is 50.4 Å². The predicted molar refractivity (Wildman–Crippen MR) is 82.3 cm³/mol. The van der Waals surface area contributed by atoms with Gasteiger partial charge in [-0.05, 0) is 39.2 Å². The zero-order valence-corrected chi connectivity index (χ0v) is 13.0. The van der Waals surface area contributed by atoms with Gasteiger partial charge in [-0.2, -0.15) is 0 Å². The second-order valence-corrected chi connectivity index (χ2v) is 6.37. The van der Waals surface area contributed by atoms with Crippen molar-refractivity contribution in [3.8, 4) is 5.75 Å². The van der Waals surface area contributed by atoms with Crippen LogP contribution in [0.4, 0.5) is 0 Å². The molecule has 2 aliphatic rings. The van der Waals surface area contributed by atoms with Gasteiger partial charge in [-0.3, -0.25) is 4.79 Å². The quantitative estimate of drug-likeness (QED) is 0.894. The third kappa shape index (κ3) is 2.77. The molecule has 4 nitrogen and oxygen atoms in total. The number of nitrogens with one attached hydrogen (secondary N) is 2. The first kappa shape index (κ1) is 14.4. The molecule has 0 aromatic heterocycles. The fraction of sp³-hybridized carbons (Fsp3) is 0.588. The third-order valence-electron chi connectivity index (χ3n) is 4.85. The normalized spacial score (nSPS) is 28.4. The number of amides is 1. The molecule has 2 N–H and O–H groups in total. The first-order valence-corrected chi connectivity index (χ1v) is 7.79. The highest BCUT2D eigenvalue weighted by Gasteiger charge is 2.42. The minimum Gasteiger partial charge on any atom is -0.496 e. The van der Waals surface area contributed by atoms with Gasteiger partial charge in [-0.25, -0.2) is 0 Å². The van der Waals surface area contributed by atoms with Crippen molar-refractivity contribution < 1.29 is 9.53 Å². The number of benzene rings is 1. The molecule has 0 radical (unpaired) electrons. The van der Waals surface area contributed by atoms with E-state index in [1.807, 2.05) is 19.1 Å². The van der Waals surface area contributed by atoms with E-state index < -0.39 is 0 Å². The van der Waals surface area contributed by atoms with E-state index >= 15 is 0 Å². The summed E-state index contributed by atoms with van der Waals surface area (Å²) in [5.41, 5.74) is 2.22. The van der Waals surface area contributed by atoms with Crippen molar-refractivity contribution in [3.05, 3.63) is 29.3 Å². The Labute approximate surface area is 126 Å². The average molecular weight is 288 g/mol. The molecule has 1 amide bonds. The summed E-state index contributed by atoms with van der Waals surface area (Å²) < 4.78 is 5.41. The molecule has 3 rings (SSSR count). The van der Waals surface area contributed by atoms with E-state index in [2.05, 4.69) is 23.6 Å². The number of rotatable bonds is 4. The van der Waals surface area contributed by atoms with Crippen molar-refractivity contribution in [3.63, 3.8) is 0 Å². The van der Waals surface area contributed by atoms with Crippen LogP contribution >= 0.6 is 0 Å². The Hall–Kier alpha value is -1.55. The standard InChI is InChI=1S/C17H24N2O2/c1-10-4-7-16(21-3)13(8-10)11(2)18-17(20)14-9-12-5-6-15(14)19-12/h4,7-8,11-12,14-15,19H,5-6,9H2,1-3H3,(H,18,20). The van der Waals surface area contributed by atoms with Crippen molar-refractivity contribution in [2.75, 3.05) is 7.11 Å². The van der Waals surface area contributed by atoms with Crippen molar-refractivity contribution >= 4 is 5.91 Å². The minimum absolute atomic E-state index is 0.0357. The van der Waals surface area contributed by atoms with E-state index in [0.717, 1.165) is 24.2 Å². The SMILES string of the molecule is COc1ccc(C)cc1C(C)NC(=O)C1CC2CCC1N2. The number of methoxy groups -OCH3 is 1. The highest BCUT2D eigenvalue weighted by atomic mass is 16.5. The van der Waals surface area contributed by atoms with Gasteiger partial charge in [0.25, 0.3) is 0 Å². The first-order chi connectivity index (χ1) is 10.1. The fourth-order valence-electron chi connectivity index (χ4n) is 3.70. The lowest BCUT2D eigenvalue weighted by atomic mass is 9.88. The van der Waals surface area contributed by atoms with Crippen LogP contribution in [0.3, 0.4) is 0 Å². The Bertz CT molecular complexity index is 544. The van der Waals surface area contributed by atoms with Gasteiger partial charge >= 0.3 is 0 Å². The number of fused-ring (bicyclic) bond motifs is 2. The largest absolute Gasteiger partial charge is 0.496 e. The number of aryl methyl sites for hydroxylation is 1. The van der Waals surface area contributed by atoms with Crippen molar-refractivity contribution in [2.24, 2.45) is 5.92 Å². The molecule has 2 aliphatic heterocycles. The zero-order valence-electron chi connectivity index (χ0n) is 13.0. The van der Waals surface area contributed by atoms with Gasteiger partial charge in [-0.1, -0.05) is 17.7 Å². The molecule has 4 heteroatoms. The molecule has 21 heavy (non-hydrogen) atoms. The Morgan fingerprint density at radius 3 is 2.86 bits per heavy atom. The molecule has 2 fully saturated rings. The highest BCUT2D eigenvalue weighted by molar-refractivity contribution is 5.80. The van der Waals surface area contributed by atoms with Crippen LogP contribution in [-0.4, -0.2) is 25.1 Å². The van der Waals surface area contributed by atoms with Gasteiger partial charge in [-0.15, -0.1) is 0 Å². The van der Waals surface area contributed by atoms with Gasteiger partial charge < -0.3 is 15.4 Å². The molecule has 0 aliphatic carbocycles. The maximum absolute atomic E-state index is 12.5. The molecule has 0 saturated carbocycles. The maximum atomic E-state index is 12.5. The Morgan fingerprint density at radius 2 is 2.24 bits per heavy atom. The van der Waals surface area contributed by atoms with Gasteiger partial charge in [0.1, 0.15) is 5.75 Å². The number of hydrogen-bond donors (Lipinski definition) is 2. The van der Waals surface area contributed by atoms with E-state index in [0.29, 0.717) is 12.1 Å². The van der Waals surface area contributed by atoms with Crippen LogP contribution in [0.1, 0.15) is 43.4 Å². The smallest absolute Gasteiger partial charge is 0.225 e. The number of carbonyl (C=O) groups excluding carboxylic acids is 1. The summed E-state index contributed by atoms with van der Waals surface area (Å²) in [5, 5.41) is 6.68. The Kier molecular flexibility index (Phi) is 3.89. The van der Waals surface area contributed by atoms with Gasteiger partial charge in [0.05, 0.1) is 19.1 Å². The predicted octanol–water partition coefficient (Wildman–Crippen LogP) is 2.32. The molecule has 4 unspecified atom stereocenters. The minimum atomic E-state index is -0.0357. The summed E-state index contributed by atoms with van der Waals surface area (Å²) in [6.45, 7) is 4.08. The molecule has 2 heterocycles. The second kappa shape index (κ2) is 5.68. The first-order valence-electron chi connectivity index (χ1n) is 7.79. The fourth-order valence-corrected chi connectivity index (χ4v) is 3.70. The lowest BCUT2D eigenvalue weighted by Gasteiger charge is -2.23. The Balaban J connectivity index is 1.70. The van der Waals surface area contributed by atoms with Gasteiger partial charge in [0, 0.05) is 17.6 Å². The zero-order chi connectivity index (χ0) is 15.0. The molecule has 1 aromatic rings. The molecule has 1 aromatic carbocycles. The van der Waals surface area contributed by atoms with Crippen LogP contribution in [0.2, 0.25) is 0 Å². The third-order valence-corrected chi connectivity index (χ3v) is 4.85. The van der Waals surface area contributed by atoms with Crippen molar-refractivity contribution in [2.45, 2.75) is 51.2 Å². The van der Waals surface area contributed by atoms with Crippen LogP contribution in [0, 0.1) is 12.8 Å². The van der Waals surface area contributed by atoms with E-state index in [1.165, 1.54) is 12.0 Å². The van der Waals surface area contributed by atoms with E-state index in [1.54, 1.807) is 7.11 Å². The van der Waals surface area contributed by atoms with Gasteiger partial charge in [0.2, 0.25) is 5.91 Å². The monoisotopic (exact) mass is 288 g/mol. The highest BCUT2D eigenvalue weighted by Crippen LogP contribution is 2.34. The lowest BCUT2D eigenvalue weighted by Crippen LogP contribution is -2.38. The van der Waals surface area contributed by atoms with Crippen molar-refractivity contribution in [1.29, 1.82) is 0 Å². The van der Waals surface area contributed by atoms with Crippen LogP contribution in [0.15, 0.2) is 18.2 Å².